The number of Topliss-reactive ketones (excluding diaryl/α,β-unsaturated/α-hetero) is 1. The predicted octanol–water partition coefficient (Wildman–Crippen LogP) is 3.72. The summed E-state index contributed by atoms with van der Waals surface area (Å²) >= 11 is 0.611. The molecule has 1 N–H and O–H groups in total. The predicted molar refractivity (Wildman–Crippen MR) is 78.9 cm³/mol. The normalized spacial score (nSPS) is 12.0. The summed E-state index contributed by atoms with van der Waals surface area (Å²) in [5.74, 6) is -3.56. The highest BCUT2D eigenvalue weighted by atomic mass is 32.1. The van der Waals surface area contributed by atoms with Crippen LogP contribution in [0.4, 0.5) is 18.2 Å². The van der Waals surface area contributed by atoms with Crippen LogP contribution in [0.25, 0.3) is 0 Å². The van der Waals surface area contributed by atoms with Gasteiger partial charge in [-0.25, -0.2) is 4.79 Å². The van der Waals surface area contributed by atoms with E-state index in [0.717, 1.165) is 0 Å². The van der Waals surface area contributed by atoms with E-state index in [4.69, 9.17) is 4.74 Å². The van der Waals surface area contributed by atoms with Crippen LogP contribution >= 0.6 is 11.3 Å². The zero-order valence-corrected chi connectivity index (χ0v) is 14.0. The van der Waals surface area contributed by atoms with Crippen molar-refractivity contribution in [2.75, 3.05) is 5.32 Å². The molecule has 5 nitrogen and oxygen atoms in total. The van der Waals surface area contributed by atoms with Crippen LogP contribution in [0.5, 0.6) is 0 Å². The second kappa shape index (κ2) is 6.31. The molecule has 0 aliphatic heterocycles. The molecule has 0 aliphatic rings. The van der Waals surface area contributed by atoms with Crippen molar-refractivity contribution in [3.63, 3.8) is 0 Å². The summed E-state index contributed by atoms with van der Waals surface area (Å²) in [6.45, 7) is 7.40. The van der Waals surface area contributed by atoms with Gasteiger partial charge in [-0.1, -0.05) is 0 Å². The van der Waals surface area contributed by atoms with Crippen LogP contribution in [0.3, 0.4) is 0 Å². The van der Waals surface area contributed by atoms with E-state index >= 15 is 0 Å². The lowest BCUT2D eigenvalue weighted by Gasteiger charge is -2.20. The Labute approximate surface area is 134 Å². The van der Waals surface area contributed by atoms with E-state index in [9.17, 15) is 27.6 Å². The second-order valence-electron chi connectivity index (χ2n) is 5.77. The number of anilines is 1. The summed E-state index contributed by atoms with van der Waals surface area (Å²) in [7, 11) is 0. The molecular weight excluding hydrogens is 335 g/mol. The molecule has 23 heavy (non-hydrogen) atoms. The summed E-state index contributed by atoms with van der Waals surface area (Å²) in [5.41, 5.74) is -0.949. The van der Waals surface area contributed by atoms with Crippen LogP contribution in [0.1, 0.15) is 53.3 Å². The van der Waals surface area contributed by atoms with Crippen molar-refractivity contribution >= 4 is 34.0 Å². The molecule has 0 saturated heterocycles. The Morgan fingerprint density at radius 2 is 1.65 bits per heavy atom. The van der Waals surface area contributed by atoms with Gasteiger partial charge in [0.2, 0.25) is 0 Å². The van der Waals surface area contributed by atoms with E-state index in [2.05, 4.69) is 0 Å². The molecule has 1 amide bonds. The van der Waals surface area contributed by atoms with Crippen molar-refractivity contribution in [3.8, 4) is 0 Å². The molecule has 0 unspecified atom stereocenters. The van der Waals surface area contributed by atoms with Gasteiger partial charge in [0.1, 0.15) is 10.6 Å². The van der Waals surface area contributed by atoms with Gasteiger partial charge >= 0.3 is 18.1 Å². The molecule has 0 aliphatic carbocycles. The summed E-state index contributed by atoms with van der Waals surface area (Å²) in [6, 6.07) is 0. The van der Waals surface area contributed by atoms with Crippen molar-refractivity contribution in [3.05, 3.63) is 16.0 Å². The van der Waals surface area contributed by atoms with Crippen LogP contribution in [0.2, 0.25) is 0 Å². The average molecular weight is 351 g/mol. The van der Waals surface area contributed by atoms with E-state index in [0.29, 0.717) is 11.3 Å². The SMILES string of the molecule is CC(=O)c1sc(NC(=O)C(F)(F)F)c(C(=O)OC(C)(C)C)c1C. The molecule has 0 atom stereocenters. The maximum atomic E-state index is 12.4. The van der Waals surface area contributed by atoms with Gasteiger partial charge in [-0.2, -0.15) is 13.2 Å². The van der Waals surface area contributed by atoms with Crippen LogP contribution in [-0.2, 0) is 9.53 Å². The van der Waals surface area contributed by atoms with Crippen molar-refractivity contribution in [1.29, 1.82) is 0 Å². The van der Waals surface area contributed by atoms with Gasteiger partial charge in [-0.3, -0.25) is 9.59 Å². The molecule has 1 heterocycles. The molecule has 1 aromatic rings. The number of hydrogen-bond acceptors (Lipinski definition) is 5. The van der Waals surface area contributed by atoms with Gasteiger partial charge in [0, 0.05) is 0 Å². The first-order chi connectivity index (χ1) is 10.2. The number of halogens is 3. The number of rotatable bonds is 3. The molecular formula is C14H16F3NO4S. The van der Waals surface area contributed by atoms with Gasteiger partial charge in [0.25, 0.3) is 0 Å². The number of hydrogen-bond donors (Lipinski definition) is 1. The van der Waals surface area contributed by atoms with Gasteiger partial charge in [-0.15, -0.1) is 11.3 Å². The van der Waals surface area contributed by atoms with Crippen LogP contribution in [0.15, 0.2) is 0 Å². The first-order valence-electron chi connectivity index (χ1n) is 6.50. The maximum Gasteiger partial charge on any atom is 0.471 e. The third-order valence-corrected chi connectivity index (χ3v) is 3.86. The van der Waals surface area contributed by atoms with E-state index in [-0.39, 0.29) is 21.0 Å². The zero-order valence-electron chi connectivity index (χ0n) is 13.2. The Balaban J connectivity index is 3.34. The molecule has 128 valence electrons. The van der Waals surface area contributed by atoms with Gasteiger partial charge in [-0.05, 0) is 40.2 Å². The van der Waals surface area contributed by atoms with E-state index in [1.54, 1.807) is 26.1 Å². The fourth-order valence-corrected chi connectivity index (χ4v) is 2.77. The fourth-order valence-electron chi connectivity index (χ4n) is 1.69. The molecule has 0 radical (unpaired) electrons. The minimum Gasteiger partial charge on any atom is -0.456 e. The Morgan fingerprint density at radius 3 is 2.04 bits per heavy atom. The molecule has 0 bridgehead atoms. The van der Waals surface area contributed by atoms with E-state index in [1.807, 2.05) is 0 Å². The van der Waals surface area contributed by atoms with Crippen molar-refractivity contribution in [2.24, 2.45) is 0 Å². The topological polar surface area (TPSA) is 72.5 Å². The van der Waals surface area contributed by atoms with E-state index < -0.39 is 29.4 Å². The van der Waals surface area contributed by atoms with E-state index in [1.165, 1.54) is 13.8 Å². The van der Waals surface area contributed by atoms with Crippen molar-refractivity contribution in [2.45, 2.75) is 46.4 Å². The summed E-state index contributed by atoms with van der Waals surface area (Å²) in [4.78, 5) is 35.0. The smallest absolute Gasteiger partial charge is 0.456 e. The number of carbonyl (C=O) groups excluding carboxylic acids is 3. The zero-order chi connectivity index (χ0) is 18.2. The lowest BCUT2D eigenvalue weighted by molar-refractivity contribution is -0.167. The Hall–Kier alpha value is -1.90. The molecule has 0 saturated carbocycles. The fraction of sp³-hybridized carbons (Fsp3) is 0.500. The lowest BCUT2D eigenvalue weighted by Crippen LogP contribution is -2.30. The highest BCUT2D eigenvalue weighted by molar-refractivity contribution is 7.18. The molecule has 9 heteroatoms. The van der Waals surface area contributed by atoms with Gasteiger partial charge in [0.05, 0.1) is 10.4 Å². The average Bonchev–Trinajstić information content (AvgIpc) is 2.62. The number of ether oxygens (including phenoxy) is 1. The highest BCUT2D eigenvalue weighted by Gasteiger charge is 2.40. The Kier molecular flexibility index (Phi) is 5.25. The first kappa shape index (κ1) is 19.1. The molecule has 1 aromatic heterocycles. The summed E-state index contributed by atoms with van der Waals surface area (Å²) in [6.07, 6.45) is -5.11. The molecule has 0 aromatic carbocycles. The first-order valence-corrected chi connectivity index (χ1v) is 7.31. The third kappa shape index (κ3) is 4.78. The molecule has 1 rings (SSSR count). The Bertz CT molecular complexity index is 656. The standard InChI is InChI=1S/C14H16F3NO4S/c1-6-8(11(20)22-13(3,4)5)10(23-9(6)7(2)19)18-12(21)14(15,16)17/h1-5H3,(H,18,21). The minimum atomic E-state index is -5.11. The summed E-state index contributed by atoms with van der Waals surface area (Å²) < 4.78 is 42.4. The number of ketones is 1. The third-order valence-electron chi connectivity index (χ3n) is 2.55. The maximum absolute atomic E-state index is 12.4. The number of nitrogens with one attached hydrogen (secondary N) is 1. The highest BCUT2D eigenvalue weighted by Crippen LogP contribution is 2.35. The minimum absolute atomic E-state index is 0.0864. The van der Waals surface area contributed by atoms with Crippen molar-refractivity contribution < 1.29 is 32.3 Å². The quantitative estimate of drug-likeness (QED) is 0.665. The lowest BCUT2D eigenvalue weighted by atomic mass is 10.1. The number of thiophene rings is 1. The number of amides is 1. The van der Waals surface area contributed by atoms with Crippen LogP contribution < -0.4 is 5.32 Å². The number of alkyl halides is 3. The monoisotopic (exact) mass is 351 g/mol. The van der Waals surface area contributed by atoms with Crippen LogP contribution in [-0.4, -0.2) is 29.4 Å². The van der Waals surface area contributed by atoms with Crippen molar-refractivity contribution in [1.82, 2.24) is 0 Å². The Morgan fingerprint density at radius 1 is 1.13 bits per heavy atom. The van der Waals surface area contributed by atoms with Gasteiger partial charge < -0.3 is 10.1 Å². The molecule has 0 spiro atoms. The second-order valence-corrected chi connectivity index (χ2v) is 6.79. The van der Waals surface area contributed by atoms with Gasteiger partial charge in [0.15, 0.2) is 5.78 Å². The summed E-state index contributed by atoms with van der Waals surface area (Å²) in [5, 5.41) is 1.28. The van der Waals surface area contributed by atoms with Crippen LogP contribution in [0, 0.1) is 6.92 Å². The molecule has 0 fully saturated rings. The largest absolute Gasteiger partial charge is 0.471 e. The number of carbonyl (C=O) groups is 3. The number of esters is 1.